The van der Waals surface area contributed by atoms with Crippen molar-refractivity contribution in [2.24, 2.45) is 0 Å². The maximum atomic E-state index is 2.91. The molecule has 0 aliphatic rings. The molecule has 0 aromatic heterocycles. The zero-order valence-corrected chi connectivity index (χ0v) is 4.23. The number of hydrogen-bond acceptors (Lipinski definition) is 0. The highest BCUT2D eigenvalue weighted by atomic mass is 13.8. The molecule has 0 spiro atoms. The third-order valence-electron chi connectivity index (χ3n) is 0.789. The van der Waals surface area contributed by atoms with E-state index in [1.807, 2.05) is 19.1 Å². The Kier molecular flexibility index (Phi) is 1.12. The maximum absolute atomic E-state index is 2.91. The molecule has 0 saturated carbocycles. The molecule has 0 nitrogen and oxygen atoms in total. The minimum atomic E-state index is 1.21. The van der Waals surface area contributed by atoms with E-state index in [2.05, 4.69) is 12.1 Å². The van der Waals surface area contributed by atoms with Crippen molar-refractivity contribution >= 4 is 0 Å². The summed E-state index contributed by atoms with van der Waals surface area (Å²) in [5, 5.41) is 0. The first kappa shape index (κ1) is 4.38. The minimum Gasteiger partial charge on any atom is -0.359 e. The third kappa shape index (κ3) is 1.04. The van der Waals surface area contributed by atoms with Gasteiger partial charge in [0, 0.05) is 0 Å². The minimum absolute atomic E-state index is 1.21. The summed E-state index contributed by atoms with van der Waals surface area (Å²) in [6, 6.07) is 11.4. The second-order valence-electron chi connectivity index (χ2n) is 1.51. The van der Waals surface area contributed by atoms with Gasteiger partial charge in [-0.05, 0) is 0 Å². The molecule has 1 rings (SSSR count). The first-order valence-electron chi connectivity index (χ1n) is 2.23. The molecule has 0 amide bonds. The van der Waals surface area contributed by atoms with Crippen LogP contribution in [0.3, 0.4) is 0 Å². The Morgan fingerprint density at radius 2 is 1.86 bits per heavy atom. The van der Waals surface area contributed by atoms with Crippen LogP contribution in [0, 0.1) is 19.1 Å². The Morgan fingerprint density at radius 3 is 2.14 bits per heavy atom. The first-order chi connectivity index (χ1) is 3.39. The summed E-state index contributed by atoms with van der Waals surface area (Å²) in [5.41, 5.74) is 1.21. The van der Waals surface area contributed by atoms with Crippen molar-refractivity contribution in [1.29, 1.82) is 0 Å². The summed E-state index contributed by atoms with van der Waals surface area (Å²) in [5.74, 6) is 0. The first-order valence-corrected chi connectivity index (χ1v) is 2.23. The molecule has 0 bridgehead atoms. The molecular formula is C7H6-2. The van der Waals surface area contributed by atoms with Crippen molar-refractivity contribution in [2.45, 2.75) is 6.92 Å². The summed E-state index contributed by atoms with van der Waals surface area (Å²) in [6.45, 7) is 2.02. The number of rotatable bonds is 0. The fourth-order valence-electron chi connectivity index (χ4n) is 0.436. The lowest BCUT2D eigenvalue weighted by molar-refractivity contribution is 1.46. The Hall–Kier alpha value is -0.780. The van der Waals surface area contributed by atoms with Gasteiger partial charge in [-0.15, -0.1) is 6.92 Å². The predicted octanol–water partition coefficient (Wildman–Crippen LogP) is 1.60. The van der Waals surface area contributed by atoms with Crippen molar-refractivity contribution in [1.82, 2.24) is 0 Å². The largest absolute Gasteiger partial charge is 0.359 e. The van der Waals surface area contributed by atoms with Crippen LogP contribution in [0.25, 0.3) is 0 Å². The Morgan fingerprint density at radius 1 is 1.29 bits per heavy atom. The highest BCUT2D eigenvalue weighted by Crippen LogP contribution is 1.90. The average molecular weight is 90.1 g/mol. The van der Waals surface area contributed by atoms with Gasteiger partial charge in [0.05, 0.1) is 0 Å². The van der Waals surface area contributed by atoms with Crippen LogP contribution in [0.5, 0.6) is 0 Å². The third-order valence-corrected chi connectivity index (χ3v) is 0.789. The van der Waals surface area contributed by atoms with E-state index in [0.717, 1.165) is 0 Å². The van der Waals surface area contributed by atoms with Gasteiger partial charge in [-0.1, -0.05) is 0 Å². The van der Waals surface area contributed by atoms with Crippen LogP contribution in [0.4, 0.5) is 0 Å². The smallest absolute Gasteiger partial charge is 0.131 e. The fraction of sp³-hybridized carbons (Fsp3) is 0.143. The van der Waals surface area contributed by atoms with Gasteiger partial charge in [0.2, 0.25) is 0 Å². The monoisotopic (exact) mass is 90.0 g/mol. The van der Waals surface area contributed by atoms with E-state index in [-0.39, 0.29) is 0 Å². The molecule has 1 aromatic carbocycles. The lowest BCUT2D eigenvalue weighted by atomic mass is 10.2. The van der Waals surface area contributed by atoms with Gasteiger partial charge >= 0.3 is 0 Å². The van der Waals surface area contributed by atoms with Gasteiger partial charge in [0.25, 0.3) is 0 Å². The molecule has 1 aromatic rings. The Bertz CT molecular complexity index is 130. The Labute approximate surface area is 43.8 Å². The lowest BCUT2D eigenvalue weighted by Gasteiger charge is -2.06. The molecule has 0 heteroatoms. The maximum Gasteiger partial charge on any atom is -0.131 e. The van der Waals surface area contributed by atoms with Crippen molar-refractivity contribution < 1.29 is 0 Å². The van der Waals surface area contributed by atoms with E-state index in [1.54, 1.807) is 6.07 Å². The second-order valence-corrected chi connectivity index (χ2v) is 1.51. The van der Waals surface area contributed by atoms with Gasteiger partial charge in [-0.2, -0.15) is 0 Å². The standard InChI is InChI=1S/C7H6/c1-7-5-3-2-4-6-7/h2,5-6H,1H3/q-2. The van der Waals surface area contributed by atoms with Gasteiger partial charge in [-0.3, -0.25) is 17.7 Å². The summed E-state index contributed by atoms with van der Waals surface area (Å²) >= 11 is 0. The van der Waals surface area contributed by atoms with Crippen LogP contribution in [0.1, 0.15) is 5.56 Å². The van der Waals surface area contributed by atoms with Gasteiger partial charge in [0.15, 0.2) is 0 Å². The van der Waals surface area contributed by atoms with Crippen LogP contribution in [0.2, 0.25) is 0 Å². The molecule has 0 aliphatic carbocycles. The summed E-state index contributed by atoms with van der Waals surface area (Å²) < 4.78 is 0. The molecule has 0 unspecified atom stereocenters. The van der Waals surface area contributed by atoms with E-state index >= 15 is 0 Å². The normalized spacial score (nSPS) is 8.71. The van der Waals surface area contributed by atoms with Crippen LogP contribution < -0.4 is 0 Å². The van der Waals surface area contributed by atoms with Crippen LogP contribution in [-0.2, 0) is 0 Å². The highest BCUT2D eigenvalue weighted by molar-refractivity contribution is 5.09. The number of aryl methyl sites for hydroxylation is 1. The average Bonchev–Trinajstić information content (AvgIpc) is 1.69. The van der Waals surface area contributed by atoms with Crippen molar-refractivity contribution in [3.05, 3.63) is 35.9 Å². The molecule has 36 valence electrons. The predicted molar refractivity (Wildman–Crippen MR) is 28.9 cm³/mol. The van der Waals surface area contributed by atoms with Crippen molar-refractivity contribution in [2.75, 3.05) is 0 Å². The van der Waals surface area contributed by atoms with E-state index in [1.165, 1.54) is 5.56 Å². The summed E-state index contributed by atoms with van der Waals surface area (Å²) in [4.78, 5) is 0. The van der Waals surface area contributed by atoms with E-state index in [4.69, 9.17) is 0 Å². The molecule has 0 atom stereocenters. The summed E-state index contributed by atoms with van der Waals surface area (Å²) in [7, 11) is 0. The van der Waals surface area contributed by atoms with Crippen LogP contribution in [-0.4, -0.2) is 0 Å². The highest BCUT2D eigenvalue weighted by Gasteiger charge is 1.49. The van der Waals surface area contributed by atoms with Crippen LogP contribution >= 0.6 is 0 Å². The molecule has 7 heavy (non-hydrogen) atoms. The van der Waals surface area contributed by atoms with Crippen LogP contribution in [0.15, 0.2) is 18.2 Å². The Balaban J connectivity index is 3.02. The molecule has 0 N–H and O–H groups in total. The van der Waals surface area contributed by atoms with E-state index in [0.29, 0.717) is 0 Å². The number of hydrogen-bond donors (Lipinski definition) is 0. The zero-order valence-electron chi connectivity index (χ0n) is 4.23. The zero-order chi connectivity index (χ0) is 5.11. The molecule has 0 aliphatic heterocycles. The van der Waals surface area contributed by atoms with Gasteiger partial charge < -0.3 is 18.2 Å². The van der Waals surface area contributed by atoms with Gasteiger partial charge in [0.1, 0.15) is 0 Å². The molecule has 0 fully saturated rings. The van der Waals surface area contributed by atoms with Crippen molar-refractivity contribution in [3.63, 3.8) is 0 Å². The lowest BCUT2D eigenvalue weighted by Crippen LogP contribution is -1.64. The molecular weight excluding hydrogens is 84.1 g/mol. The van der Waals surface area contributed by atoms with Gasteiger partial charge in [-0.25, -0.2) is 0 Å². The van der Waals surface area contributed by atoms with E-state index < -0.39 is 0 Å². The SMILES string of the molecule is Cc1c[c-]c[c-]c1. The quantitative estimate of drug-likeness (QED) is 0.424. The topological polar surface area (TPSA) is 0 Å². The molecule has 0 saturated heterocycles. The van der Waals surface area contributed by atoms with E-state index in [9.17, 15) is 0 Å². The molecule has 0 radical (unpaired) electrons. The molecule has 0 heterocycles. The number of benzene rings is 1. The fourth-order valence-corrected chi connectivity index (χ4v) is 0.436. The second kappa shape index (κ2) is 1.78. The summed E-state index contributed by atoms with van der Waals surface area (Å²) in [6.07, 6.45) is 0. The van der Waals surface area contributed by atoms with Crippen molar-refractivity contribution in [3.8, 4) is 0 Å².